The number of primary amides is 1. The SMILES string of the molecule is CC(C(N)=O)c1cccc(OC(=O)c2ccccc2)c1. The van der Waals surface area contributed by atoms with Crippen LogP contribution >= 0.6 is 0 Å². The Bertz CT molecular complexity index is 623. The fourth-order valence-corrected chi connectivity index (χ4v) is 1.75. The number of hydrogen-bond acceptors (Lipinski definition) is 3. The van der Waals surface area contributed by atoms with Crippen LogP contribution in [0.5, 0.6) is 5.75 Å². The summed E-state index contributed by atoms with van der Waals surface area (Å²) in [4.78, 5) is 23.1. The average molecular weight is 269 g/mol. The molecule has 4 nitrogen and oxygen atoms in total. The Labute approximate surface area is 117 Å². The summed E-state index contributed by atoms with van der Waals surface area (Å²) < 4.78 is 5.28. The van der Waals surface area contributed by atoms with Gasteiger partial charge in [-0.05, 0) is 36.8 Å². The predicted molar refractivity (Wildman–Crippen MR) is 75.5 cm³/mol. The van der Waals surface area contributed by atoms with Crippen LogP contribution in [0.2, 0.25) is 0 Å². The number of carbonyl (C=O) groups excluding carboxylic acids is 2. The molecule has 0 saturated heterocycles. The van der Waals surface area contributed by atoms with Gasteiger partial charge in [0.15, 0.2) is 0 Å². The van der Waals surface area contributed by atoms with E-state index in [0.29, 0.717) is 11.3 Å². The van der Waals surface area contributed by atoms with Gasteiger partial charge in [0, 0.05) is 0 Å². The van der Waals surface area contributed by atoms with Crippen LogP contribution in [0.3, 0.4) is 0 Å². The summed E-state index contributed by atoms with van der Waals surface area (Å²) in [5.74, 6) is -0.888. The molecule has 1 amide bonds. The van der Waals surface area contributed by atoms with Crippen molar-refractivity contribution in [3.8, 4) is 5.75 Å². The lowest BCUT2D eigenvalue weighted by Crippen LogP contribution is -2.18. The molecule has 102 valence electrons. The molecular weight excluding hydrogens is 254 g/mol. The molecule has 2 rings (SSSR count). The lowest BCUT2D eigenvalue weighted by molar-refractivity contribution is -0.119. The standard InChI is InChI=1S/C16H15NO3/c1-11(15(17)18)13-8-5-9-14(10-13)20-16(19)12-6-3-2-4-7-12/h2-11H,1H3,(H2,17,18). The van der Waals surface area contributed by atoms with Crippen LogP contribution in [0.25, 0.3) is 0 Å². The maximum Gasteiger partial charge on any atom is 0.343 e. The molecule has 2 N–H and O–H groups in total. The highest BCUT2D eigenvalue weighted by atomic mass is 16.5. The van der Waals surface area contributed by atoms with Crippen LogP contribution in [0.15, 0.2) is 54.6 Å². The van der Waals surface area contributed by atoms with E-state index in [2.05, 4.69) is 0 Å². The number of amides is 1. The molecule has 0 bridgehead atoms. The van der Waals surface area contributed by atoms with E-state index in [0.717, 1.165) is 5.56 Å². The van der Waals surface area contributed by atoms with E-state index in [4.69, 9.17) is 10.5 Å². The van der Waals surface area contributed by atoms with Crippen molar-refractivity contribution in [2.24, 2.45) is 5.73 Å². The van der Waals surface area contributed by atoms with E-state index in [9.17, 15) is 9.59 Å². The van der Waals surface area contributed by atoms with Gasteiger partial charge in [0.2, 0.25) is 5.91 Å². The molecule has 2 aromatic rings. The van der Waals surface area contributed by atoms with E-state index in [-0.39, 0.29) is 0 Å². The van der Waals surface area contributed by atoms with Crippen molar-refractivity contribution >= 4 is 11.9 Å². The van der Waals surface area contributed by atoms with Crippen molar-refractivity contribution < 1.29 is 14.3 Å². The fraction of sp³-hybridized carbons (Fsp3) is 0.125. The fourth-order valence-electron chi connectivity index (χ4n) is 1.75. The first-order valence-electron chi connectivity index (χ1n) is 6.24. The molecule has 0 aliphatic heterocycles. The number of nitrogens with two attached hydrogens (primary N) is 1. The predicted octanol–water partition coefficient (Wildman–Crippen LogP) is 2.49. The third-order valence-corrected chi connectivity index (χ3v) is 3.00. The number of esters is 1. The van der Waals surface area contributed by atoms with Gasteiger partial charge < -0.3 is 10.5 Å². The van der Waals surface area contributed by atoms with Gasteiger partial charge in [0.1, 0.15) is 5.75 Å². The van der Waals surface area contributed by atoms with E-state index in [1.54, 1.807) is 55.5 Å². The zero-order valence-electron chi connectivity index (χ0n) is 11.1. The van der Waals surface area contributed by atoms with Crippen LogP contribution in [-0.2, 0) is 4.79 Å². The van der Waals surface area contributed by atoms with E-state index in [1.165, 1.54) is 0 Å². The summed E-state index contributed by atoms with van der Waals surface area (Å²) in [5, 5.41) is 0. The highest BCUT2D eigenvalue weighted by Crippen LogP contribution is 2.21. The maximum absolute atomic E-state index is 11.9. The van der Waals surface area contributed by atoms with Gasteiger partial charge in [0.25, 0.3) is 0 Å². The quantitative estimate of drug-likeness (QED) is 0.684. The second-order valence-corrected chi connectivity index (χ2v) is 4.45. The molecule has 0 radical (unpaired) electrons. The number of rotatable bonds is 4. The highest BCUT2D eigenvalue weighted by molar-refractivity contribution is 5.91. The molecule has 1 unspecified atom stereocenters. The molecule has 0 fully saturated rings. The molecule has 0 aliphatic rings. The van der Waals surface area contributed by atoms with Gasteiger partial charge in [-0.25, -0.2) is 4.79 Å². The molecule has 0 aliphatic carbocycles. The maximum atomic E-state index is 11.9. The van der Waals surface area contributed by atoms with Gasteiger partial charge in [-0.15, -0.1) is 0 Å². The molecule has 20 heavy (non-hydrogen) atoms. The average Bonchev–Trinajstić information content (AvgIpc) is 2.47. The van der Waals surface area contributed by atoms with Crippen molar-refractivity contribution in [1.82, 2.24) is 0 Å². The minimum Gasteiger partial charge on any atom is -0.423 e. The molecular formula is C16H15NO3. The Balaban J connectivity index is 2.16. The molecule has 4 heteroatoms. The number of carbonyl (C=O) groups is 2. The first kappa shape index (κ1) is 13.8. The summed E-state index contributed by atoms with van der Waals surface area (Å²) in [6.07, 6.45) is 0. The van der Waals surface area contributed by atoms with Crippen molar-refractivity contribution in [2.75, 3.05) is 0 Å². The van der Waals surface area contributed by atoms with E-state index in [1.807, 2.05) is 6.07 Å². The summed E-state index contributed by atoms with van der Waals surface area (Å²) in [6.45, 7) is 1.71. The van der Waals surface area contributed by atoms with Crippen molar-refractivity contribution in [3.63, 3.8) is 0 Å². The summed E-state index contributed by atoms with van der Waals surface area (Å²) in [5.41, 5.74) is 6.46. The van der Waals surface area contributed by atoms with Crippen LogP contribution in [0, 0.1) is 0 Å². The largest absolute Gasteiger partial charge is 0.423 e. The third-order valence-electron chi connectivity index (χ3n) is 3.00. The lowest BCUT2D eigenvalue weighted by Gasteiger charge is -2.10. The first-order chi connectivity index (χ1) is 9.58. The Morgan fingerprint density at radius 1 is 1.05 bits per heavy atom. The monoisotopic (exact) mass is 269 g/mol. The zero-order chi connectivity index (χ0) is 14.5. The zero-order valence-corrected chi connectivity index (χ0v) is 11.1. The molecule has 0 saturated carbocycles. The second-order valence-electron chi connectivity index (χ2n) is 4.45. The third kappa shape index (κ3) is 3.23. The van der Waals surface area contributed by atoms with Crippen molar-refractivity contribution in [3.05, 3.63) is 65.7 Å². The highest BCUT2D eigenvalue weighted by Gasteiger charge is 2.13. The first-order valence-corrected chi connectivity index (χ1v) is 6.24. The Morgan fingerprint density at radius 3 is 2.40 bits per heavy atom. The normalized spacial score (nSPS) is 11.7. The van der Waals surface area contributed by atoms with Gasteiger partial charge in [0.05, 0.1) is 11.5 Å². The topological polar surface area (TPSA) is 69.4 Å². The van der Waals surface area contributed by atoms with Crippen LogP contribution < -0.4 is 10.5 Å². The lowest BCUT2D eigenvalue weighted by atomic mass is 10.0. The summed E-state index contributed by atoms with van der Waals surface area (Å²) >= 11 is 0. The smallest absolute Gasteiger partial charge is 0.343 e. The molecule has 2 aromatic carbocycles. The number of hydrogen-bond donors (Lipinski definition) is 1. The molecule has 0 heterocycles. The van der Waals surface area contributed by atoms with Gasteiger partial charge in [-0.3, -0.25) is 4.79 Å². The van der Waals surface area contributed by atoms with E-state index < -0.39 is 17.8 Å². The number of ether oxygens (including phenoxy) is 1. The van der Waals surface area contributed by atoms with E-state index >= 15 is 0 Å². The number of benzene rings is 2. The van der Waals surface area contributed by atoms with Gasteiger partial charge in [-0.1, -0.05) is 30.3 Å². The molecule has 0 aromatic heterocycles. The van der Waals surface area contributed by atoms with Crippen LogP contribution in [0.1, 0.15) is 28.8 Å². The second kappa shape index (κ2) is 6.02. The van der Waals surface area contributed by atoms with Gasteiger partial charge in [-0.2, -0.15) is 0 Å². The molecule has 0 spiro atoms. The van der Waals surface area contributed by atoms with Crippen molar-refractivity contribution in [1.29, 1.82) is 0 Å². The minimum absolute atomic E-state index is 0.393. The molecule has 1 atom stereocenters. The summed E-state index contributed by atoms with van der Waals surface area (Å²) in [7, 11) is 0. The van der Waals surface area contributed by atoms with Crippen LogP contribution in [0.4, 0.5) is 0 Å². The van der Waals surface area contributed by atoms with Gasteiger partial charge >= 0.3 is 5.97 Å². The Morgan fingerprint density at radius 2 is 1.75 bits per heavy atom. The Kier molecular flexibility index (Phi) is 4.15. The Hall–Kier alpha value is -2.62. The van der Waals surface area contributed by atoms with Crippen LogP contribution in [-0.4, -0.2) is 11.9 Å². The summed E-state index contributed by atoms with van der Waals surface area (Å²) in [6, 6.07) is 15.5. The minimum atomic E-state index is -0.436. The van der Waals surface area contributed by atoms with Crippen molar-refractivity contribution in [2.45, 2.75) is 12.8 Å².